The molecular formula is C16H20Cl2N2O. The third-order valence-electron chi connectivity index (χ3n) is 4.16. The first-order valence-corrected chi connectivity index (χ1v) is 7.88. The molecule has 0 spiro atoms. The van der Waals surface area contributed by atoms with Crippen LogP contribution in [-0.2, 0) is 11.2 Å². The maximum Gasteiger partial charge on any atom is 0.224 e. The molecule has 21 heavy (non-hydrogen) atoms. The Labute approximate surface area is 135 Å². The number of nitrogens with one attached hydrogen (secondary N) is 1. The minimum atomic E-state index is -0.0670. The molecule has 1 heterocycles. The van der Waals surface area contributed by atoms with Crippen molar-refractivity contribution in [1.29, 1.82) is 0 Å². The Balaban J connectivity index is 1.74. The summed E-state index contributed by atoms with van der Waals surface area (Å²) in [4.78, 5) is 16.3. The number of rotatable bonds is 6. The molecule has 0 bridgehead atoms. The van der Waals surface area contributed by atoms with E-state index in [9.17, 15) is 4.79 Å². The summed E-state index contributed by atoms with van der Waals surface area (Å²) in [5, 5.41) is 3.00. The average Bonchev–Trinajstić information content (AvgIpc) is 2.96. The van der Waals surface area contributed by atoms with Crippen LogP contribution >= 0.6 is 23.2 Å². The van der Waals surface area contributed by atoms with Crippen molar-refractivity contribution in [2.45, 2.75) is 26.7 Å². The molecule has 1 saturated carbocycles. The summed E-state index contributed by atoms with van der Waals surface area (Å²) in [5.74, 6) is 0.172. The maximum atomic E-state index is 12.2. The number of pyridine rings is 1. The molecule has 2 rings (SSSR count). The highest BCUT2D eigenvalue weighted by atomic mass is 35.5. The molecule has 1 N–H and O–H groups in total. The summed E-state index contributed by atoms with van der Waals surface area (Å²) in [6.07, 6.45) is 7.20. The van der Waals surface area contributed by atoms with E-state index in [1.54, 1.807) is 12.3 Å². The first-order chi connectivity index (χ1) is 9.93. The number of amides is 1. The van der Waals surface area contributed by atoms with E-state index in [-0.39, 0.29) is 27.6 Å². The number of aryl methyl sites for hydroxylation is 1. The van der Waals surface area contributed by atoms with Gasteiger partial charge < -0.3 is 5.32 Å². The molecule has 1 fully saturated rings. The highest BCUT2D eigenvalue weighted by molar-refractivity contribution is 6.55. The Kier molecular flexibility index (Phi) is 5.28. The number of aromatic nitrogens is 1. The van der Waals surface area contributed by atoms with E-state index in [0.717, 1.165) is 12.8 Å². The number of halogens is 2. The molecular weight excluding hydrogens is 307 g/mol. The van der Waals surface area contributed by atoms with E-state index in [1.165, 1.54) is 5.56 Å². The molecule has 3 nitrogen and oxygen atoms in total. The van der Waals surface area contributed by atoms with Crippen molar-refractivity contribution in [2.75, 3.05) is 6.54 Å². The van der Waals surface area contributed by atoms with E-state index in [1.807, 2.05) is 18.3 Å². The molecule has 0 saturated heterocycles. The zero-order valence-electron chi connectivity index (χ0n) is 12.3. The third kappa shape index (κ3) is 4.21. The minimum Gasteiger partial charge on any atom is -0.356 e. The van der Waals surface area contributed by atoms with Gasteiger partial charge in [0.05, 0.1) is 5.92 Å². The summed E-state index contributed by atoms with van der Waals surface area (Å²) in [6, 6.07) is 3.97. The molecule has 0 aromatic carbocycles. The van der Waals surface area contributed by atoms with Gasteiger partial charge in [0.1, 0.15) is 4.49 Å². The zero-order valence-corrected chi connectivity index (χ0v) is 13.8. The normalized spacial score (nSPS) is 22.5. The molecule has 114 valence electrons. The average molecular weight is 327 g/mol. The second-order valence-corrected chi connectivity index (χ2v) is 7.04. The van der Waals surface area contributed by atoms with Gasteiger partial charge in [-0.25, -0.2) is 0 Å². The van der Waals surface area contributed by atoms with Gasteiger partial charge in [-0.2, -0.15) is 0 Å². The highest BCUT2D eigenvalue weighted by Crippen LogP contribution is 2.59. The predicted octanol–water partition coefficient (Wildman–Crippen LogP) is 3.72. The van der Waals surface area contributed by atoms with Gasteiger partial charge in [0.2, 0.25) is 5.91 Å². The molecule has 1 aliphatic rings. The SMILES string of the molecule is CC1(C)C(C=C(Cl)Cl)C1C(=O)NCCCc1cccnc1. The van der Waals surface area contributed by atoms with Crippen molar-refractivity contribution in [3.05, 3.63) is 40.7 Å². The van der Waals surface area contributed by atoms with Gasteiger partial charge in [0.25, 0.3) is 0 Å². The molecule has 2 unspecified atom stereocenters. The second-order valence-electron chi connectivity index (χ2n) is 6.04. The number of allylic oxidation sites excluding steroid dienone is 1. The van der Waals surface area contributed by atoms with Gasteiger partial charge in [-0.15, -0.1) is 0 Å². The van der Waals surface area contributed by atoms with E-state index in [2.05, 4.69) is 24.1 Å². The van der Waals surface area contributed by atoms with Crippen molar-refractivity contribution in [2.24, 2.45) is 17.3 Å². The molecule has 1 aromatic heterocycles. The fourth-order valence-corrected chi connectivity index (χ4v) is 3.06. The van der Waals surface area contributed by atoms with Crippen LogP contribution in [-0.4, -0.2) is 17.4 Å². The maximum absolute atomic E-state index is 12.2. The second kappa shape index (κ2) is 6.80. The monoisotopic (exact) mass is 326 g/mol. The number of nitrogens with zero attached hydrogens (tertiary/aromatic N) is 1. The van der Waals surface area contributed by atoms with E-state index in [4.69, 9.17) is 23.2 Å². The van der Waals surface area contributed by atoms with Crippen molar-refractivity contribution in [3.63, 3.8) is 0 Å². The van der Waals surface area contributed by atoms with Crippen LogP contribution in [0.4, 0.5) is 0 Å². The van der Waals surface area contributed by atoms with Crippen LogP contribution in [0.15, 0.2) is 35.1 Å². The lowest BCUT2D eigenvalue weighted by molar-refractivity contribution is -0.123. The van der Waals surface area contributed by atoms with Crippen molar-refractivity contribution < 1.29 is 4.79 Å². The van der Waals surface area contributed by atoms with Gasteiger partial charge in [0.15, 0.2) is 0 Å². The van der Waals surface area contributed by atoms with Crippen LogP contribution in [0.1, 0.15) is 25.8 Å². The number of hydrogen-bond acceptors (Lipinski definition) is 2. The lowest BCUT2D eigenvalue weighted by atomic mass is 10.1. The van der Waals surface area contributed by atoms with Crippen LogP contribution in [0.25, 0.3) is 0 Å². The molecule has 1 aliphatic carbocycles. The standard InChI is InChI=1S/C16H20Cl2N2O/c1-16(2)12(9-13(17)18)14(16)15(21)20-8-4-6-11-5-3-7-19-10-11/h3,5,7,9-10,12,14H,4,6,8H2,1-2H3,(H,20,21). The van der Waals surface area contributed by atoms with Crippen LogP contribution in [0.2, 0.25) is 0 Å². The predicted molar refractivity (Wildman–Crippen MR) is 86.1 cm³/mol. The lowest BCUT2D eigenvalue weighted by Gasteiger charge is -2.06. The Hall–Kier alpha value is -1.06. The fraction of sp³-hybridized carbons (Fsp3) is 0.500. The van der Waals surface area contributed by atoms with Gasteiger partial charge in [-0.1, -0.05) is 43.1 Å². The van der Waals surface area contributed by atoms with Crippen LogP contribution in [0.5, 0.6) is 0 Å². The van der Waals surface area contributed by atoms with Crippen molar-refractivity contribution in [1.82, 2.24) is 10.3 Å². The Bertz CT molecular complexity index is 524. The quantitative estimate of drug-likeness (QED) is 0.809. The molecule has 5 heteroatoms. The number of carbonyl (C=O) groups excluding carboxylic acids is 1. The minimum absolute atomic E-state index is 0.0385. The van der Waals surface area contributed by atoms with Crippen LogP contribution in [0, 0.1) is 17.3 Å². The summed E-state index contributed by atoms with van der Waals surface area (Å²) >= 11 is 11.4. The third-order valence-corrected chi connectivity index (χ3v) is 4.41. The van der Waals surface area contributed by atoms with Gasteiger partial charge in [-0.05, 0) is 41.9 Å². The molecule has 0 radical (unpaired) electrons. The largest absolute Gasteiger partial charge is 0.356 e. The summed E-state index contributed by atoms with van der Waals surface area (Å²) in [5.41, 5.74) is 1.12. The Morgan fingerprint density at radius 1 is 1.48 bits per heavy atom. The fourth-order valence-electron chi connectivity index (χ4n) is 2.79. The van der Waals surface area contributed by atoms with E-state index in [0.29, 0.717) is 6.54 Å². The Morgan fingerprint density at radius 2 is 2.24 bits per heavy atom. The topological polar surface area (TPSA) is 42.0 Å². The van der Waals surface area contributed by atoms with Crippen molar-refractivity contribution in [3.8, 4) is 0 Å². The van der Waals surface area contributed by atoms with Gasteiger partial charge >= 0.3 is 0 Å². The first-order valence-electron chi connectivity index (χ1n) is 7.12. The zero-order chi connectivity index (χ0) is 15.5. The summed E-state index contributed by atoms with van der Waals surface area (Å²) < 4.78 is 0.236. The lowest BCUT2D eigenvalue weighted by Crippen LogP contribution is -2.28. The molecule has 0 aliphatic heterocycles. The highest BCUT2D eigenvalue weighted by Gasteiger charge is 2.60. The molecule has 2 atom stereocenters. The number of carbonyl (C=O) groups is 1. The van der Waals surface area contributed by atoms with E-state index >= 15 is 0 Å². The van der Waals surface area contributed by atoms with Crippen LogP contribution < -0.4 is 5.32 Å². The smallest absolute Gasteiger partial charge is 0.224 e. The van der Waals surface area contributed by atoms with Gasteiger partial charge in [0, 0.05) is 18.9 Å². The Morgan fingerprint density at radius 3 is 2.86 bits per heavy atom. The van der Waals surface area contributed by atoms with Crippen molar-refractivity contribution >= 4 is 29.1 Å². The number of hydrogen-bond donors (Lipinski definition) is 1. The first kappa shape index (κ1) is 16.3. The molecule has 1 amide bonds. The van der Waals surface area contributed by atoms with Crippen LogP contribution in [0.3, 0.4) is 0 Å². The summed E-state index contributed by atoms with van der Waals surface area (Å²) in [6.45, 7) is 4.79. The van der Waals surface area contributed by atoms with E-state index < -0.39 is 0 Å². The summed E-state index contributed by atoms with van der Waals surface area (Å²) in [7, 11) is 0. The van der Waals surface area contributed by atoms with Gasteiger partial charge in [-0.3, -0.25) is 9.78 Å². The molecule has 1 aromatic rings.